The predicted octanol–water partition coefficient (Wildman–Crippen LogP) is 3.39. The number of hydrogen-bond donors (Lipinski definition) is 1. The highest BCUT2D eigenvalue weighted by Crippen LogP contribution is 2.38. The average molecular weight is 307 g/mol. The molecule has 7 heteroatoms. The van der Waals surface area contributed by atoms with Gasteiger partial charge in [0.25, 0.3) is 0 Å². The van der Waals surface area contributed by atoms with E-state index < -0.39 is 11.7 Å². The molecule has 1 aliphatic carbocycles. The van der Waals surface area contributed by atoms with Gasteiger partial charge in [-0.25, -0.2) is 0 Å². The number of nitrogens with one attached hydrogen (secondary N) is 1. The van der Waals surface area contributed by atoms with E-state index in [2.05, 4.69) is 5.32 Å². The van der Waals surface area contributed by atoms with Gasteiger partial charge in [0.05, 0.1) is 22.8 Å². The van der Waals surface area contributed by atoms with E-state index in [4.69, 9.17) is 11.6 Å². The molecule has 110 valence electrons. The normalized spacial score (nSPS) is 15.1. The monoisotopic (exact) mass is 306 g/mol. The van der Waals surface area contributed by atoms with E-state index in [1.807, 2.05) is 0 Å². The molecule has 1 saturated carbocycles. The SMILES string of the molecule is CN(C(=O)CNc1c(Cl)cccc1C(F)(F)F)C1CC1. The Hall–Kier alpha value is -1.43. The van der Waals surface area contributed by atoms with Gasteiger partial charge in [0, 0.05) is 13.1 Å². The molecule has 1 N–H and O–H groups in total. The fourth-order valence-corrected chi connectivity index (χ4v) is 2.14. The summed E-state index contributed by atoms with van der Waals surface area (Å²) in [6.45, 7) is -0.209. The van der Waals surface area contributed by atoms with Crippen LogP contribution in [0.3, 0.4) is 0 Å². The lowest BCUT2D eigenvalue weighted by Crippen LogP contribution is -2.34. The topological polar surface area (TPSA) is 32.3 Å². The van der Waals surface area contributed by atoms with Crippen LogP contribution in [0.5, 0.6) is 0 Å². The van der Waals surface area contributed by atoms with Gasteiger partial charge in [-0.15, -0.1) is 0 Å². The summed E-state index contributed by atoms with van der Waals surface area (Å²) in [4.78, 5) is 13.4. The van der Waals surface area contributed by atoms with Crippen LogP contribution in [0.1, 0.15) is 18.4 Å². The van der Waals surface area contributed by atoms with Gasteiger partial charge in [0.1, 0.15) is 0 Å². The molecule has 1 aromatic rings. The van der Waals surface area contributed by atoms with Crippen molar-refractivity contribution in [1.29, 1.82) is 0 Å². The highest BCUT2D eigenvalue weighted by Gasteiger charge is 2.35. The van der Waals surface area contributed by atoms with Crippen LogP contribution in [0.4, 0.5) is 18.9 Å². The molecule has 1 fully saturated rings. The molecule has 0 saturated heterocycles. The zero-order valence-electron chi connectivity index (χ0n) is 10.8. The smallest absolute Gasteiger partial charge is 0.374 e. The van der Waals surface area contributed by atoms with Crippen molar-refractivity contribution in [3.8, 4) is 0 Å². The van der Waals surface area contributed by atoms with Crippen molar-refractivity contribution < 1.29 is 18.0 Å². The predicted molar refractivity (Wildman–Crippen MR) is 70.7 cm³/mol. The van der Waals surface area contributed by atoms with Crippen LogP contribution in [-0.4, -0.2) is 30.4 Å². The van der Waals surface area contributed by atoms with Gasteiger partial charge in [-0.3, -0.25) is 4.79 Å². The van der Waals surface area contributed by atoms with Gasteiger partial charge in [0.2, 0.25) is 5.91 Å². The van der Waals surface area contributed by atoms with Crippen LogP contribution in [-0.2, 0) is 11.0 Å². The van der Waals surface area contributed by atoms with Gasteiger partial charge in [-0.1, -0.05) is 17.7 Å². The molecule has 0 unspecified atom stereocenters. The number of nitrogens with zero attached hydrogens (tertiary/aromatic N) is 1. The van der Waals surface area contributed by atoms with Gasteiger partial charge < -0.3 is 10.2 Å². The molecule has 0 spiro atoms. The number of benzene rings is 1. The van der Waals surface area contributed by atoms with Crippen LogP contribution in [0.2, 0.25) is 5.02 Å². The molecule has 0 aromatic heterocycles. The minimum atomic E-state index is -4.52. The molecular weight excluding hydrogens is 293 g/mol. The van der Waals surface area contributed by atoms with Crippen molar-refractivity contribution in [3.05, 3.63) is 28.8 Å². The van der Waals surface area contributed by atoms with Crippen LogP contribution in [0.25, 0.3) is 0 Å². The molecule has 2 rings (SSSR count). The Labute approximate surface area is 119 Å². The Kier molecular flexibility index (Phi) is 4.13. The van der Waals surface area contributed by atoms with Crippen molar-refractivity contribution in [3.63, 3.8) is 0 Å². The maximum atomic E-state index is 12.9. The van der Waals surface area contributed by atoms with E-state index in [-0.39, 0.29) is 29.2 Å². The second kappa shape index (κ2) is 5.52. The lowest BCUT2D eigenvalue weighted by molar-refractivity contribution is -0.137. The summed E-state index contributed by atoms with van der Waals surface area (Å²) in [5.41, 5.74) is -1.12. The third-order valence-corrected chi connectivity index (χ3v) is 3.54. The molecule has 0 heterocycles. The summed E-state index contributed by atoms with van der Waals surface area (Å²) in [5.74, 6) is -0.249. The van der Waals surface area contributed by atoms with Crippen LogP contribution < -0.4 is 5.32 Å². The summed E-state index contributed by atoms with van der Waals surface area (Å²) < 4.78 is 38.6. The number of para-hydroxylation sites is 1. The molecule has 0 radical (unpaired) electrons. The van der Waals surface area contributed by atoms with Gasteiger partial charge in [-0.05, 0) is 25.0 Å². The summed E-state index contributed by atoms with van der Waals surface area (Å²) in [7, 11) is 1.65. The fourth-order valence-electron chi connectivity index (χ4n) is 1.89. The highest BCUT2D eigenvalue weighted by molar-refractivity contribution is 6.33. The first-order valence-electron chi connectivity index (χ1n) is 6.16. The van der Waals surface area contributed by atoms with Gasteiger partial charge in [0.15, 0.2) is 0 Å². The molecule has 0 aliphatic heterocycles. The number of halogens is 4. The Balaban J connectivity index is 2.10. The van der Waals surface area contributed by atoms with E-state index in [9.17, 15) is 18.0 Å². The van der Waals surface area contributed by atoms with Crippen LogP contribution in [0.15, 0.2) is 18.2 Å². The van der Waals surface area contributed by atoms with Crippen molar-refractivity contribution in [1.82, 2.24) is 4.90 Å². The van der Waals surface area contributed by atoms with E-state index in [1.165, 1.54) is 12.1 Å². The second-order valence-electron chi connectivity index (χ2n) is 4.75. The summed E-state index contributed by atoms with van der Waals surface area (Å²) in [6, 6.07) is 3.74. The maximum absolute atomic E-state index is 12.9. The molecule has 0 bridgehead atoms. The number of carbonyl (C=O) groups is 1. The third-order valence-electron chi connectivity index (χ3n) is 3.22. The minimum Gasteiger partial charge on any atom is -0.374 e. The van der Waals surface area contributed by atoms with Gasteiger partial charge >= 0.3 is 6.18 Å². The Morgan fingerprint density at radius 3 is 2.65 bits per heavy atom. The second-order valence-corrected chi connectivity index (χ2v) is 5.16. The average Bonchev–Trinajstić information content (AvgIpc) is 3.18. The molecule has 0 atom stereocenters. The standard InChI is InChI=1S/C13H14ClF3N2O/c1-19(8-5-6-8)11(20)7-18-12-9(13(15,16)17)3-2-4-10(12)14/h2-4,8,18H,5-7H2,1H3. The van der Waals surface area contributed by atoms with E-state index in [1.54, 1.807) is 11.9 Å². The van der Waals surface area contributed by atoms with E-state index in [0.717, 1.165) is 18.9 Å². The number of carbonyl (C=O) groups excluding carboxylic acids is 1. The van der Waals surface area contributed by atoms with E-state index in [0.29, 0.717) is 0 Å². The quantitative estimate of drug-likeness (QED) is 0.925. The van der Waals surface area contributed by atoms with Crippen molar-refractivity contribution in [2.24, 2.45) is 0 Å². The van der Waals surface area contributed by atoms with E-state index >= 15 is 0 Å². The lowest BCUT2D eigenvalue weighted by atomic mass is 10.1. The maximum Gasteiger partial charge on any atom is 0.418 e. The van der Waals surface area contributed by atoms with Crippen LogP contribution >= 0.6 is 11.6 Å². The minimum absolute atomic E-state index is 0.0540. The molecular formula is C13H14ClF3N2O. The highest BCUT2D eigenvalue weighted by atomic mass is 35.5. The first-order chi connectivity index (χ1) is 9.30. The Bertz CT molecular complexity index is 515. The van der Waals surface area contributed by atoms with Crippen molar-refractivity contribution in [2.45, 2.75) is 25.1 Å². The molecule has 3 nitrogen and oxygen atoms in total. The lowest BCUT2D eigenvalue weighted by Gasteiger charge is -2.19. The first kappa shape index (κ1) is 15.0. The summed E-state index contributed by atoms with van der Waals surface area (Å²) in [6.07, 6.45) is -2.62. The summed E-state index contributed by atoms with van der Waals surface area (Å²) >= 11 is 5.79. The van der Waals surface area contributed by atoms with Crippen molar-refractivity contribution >= 4 is 23.2 Å². The Morgan fingerprint density at radius 2 is 2.10 bits per heavy atom. The molecule has 1 amide bonds. The van der Waals surface area contributed by atoms with Crippen molar-refractivity contribution in [2.75, 3.05) is 18.9 Å². The van der Waals surface area contributed by atoms with Crippen LogP contribution in [0, 0.1) is 0 Å². The fraction of sp³-hybridized carbons (Fsp3) is 0.462. The largest absolute Gasteiger partial charge is 0.418 e. The first-order valence-corrected chi connectivity index (χ1v) is 6.53. The Morgan fingerprint density at radius 1 is 1.45 bits per heavy atom. The number of alkyl halides is 3. The molecule has 20 heavy (non-hydrogen) atoms. The van der Waals surface area contributed by atoms with Gasteiger partial charge in [-0.2, -0.15) is 13.2 Å². The third kappa shape index (κ3) is 3.36. The number of amides is 1. The summed E-state index contributed by atoms with van der Waals surface area (Å²) in [5, 5.41) is 2.45. The zero-order valence-corrected chi connectivity index (χ0v) is 11.6. The molecule has 1 aliphatic rings. The zero-order chi connectivity index (χ0) is 14.9. The number of rotatable bonds is 4. The number of hydrogen-bond acceptors (Lipinski definition) is 2. The number of anilines is 1. The molecule has 1 aromatic carbocycles. The number of likely N-dealkylation sites (N-methyl/N-ethyl adjacent to an activating group) is 1.